The largest absolute Gasteiger partial charge is 0.298 e. The zero-order valence-corrected chi connectivity index (χ0v) is 10.9. The van der Waals surface area contributed by atoms with Gasteiger partial charge in [-0.15, -0.1) is 5.10 Å². The van der Waals surface area contributed by atoms with Crippen LogP contribution in [0.1, 0.15) is 22.9 Å². The van der Waals surface area contributed by atoms with Crippen molar-refractivity contribution in [3.05, 3.63) is 41.2 Å². The Labute approximate surface area is 109 Å². The van der Waals surface area contributed by atoms with E-state index in [0.29, 0.717) is 5.82 Å². The summed E-state index contributed by atoms with van der Waals surface area (Å²) >= 11 is 0. The van der Waals surface area contributed by atoms with E-state index in [1.54, 1.807) is 0 Å². The molecule has 1 aliphatic rings. The van der Waals surface area contributed by atoms with Gasteiger partial charge in [0.2, 0.25) is 0 Å². The summed E-state index contributed by atoms with van der Waals surface area (Å²) in [5.41, 5.74) is 2.54. The van der Waals surface area contributed by atoms with Crippen molar-refractivity contribution in [3.8, 4) is 0 Å². The molecule has 2 aromatic rings. The topological polar surface area (TPSA) is 75.7 Å². The Morgan fingerprint density at radius 2 is 1.83 bits per heavy atom. The van der Waals surface area contributed by atoms with E-state index in [0.717, 1.165) is 12.8 Å². The summed E-state index contributed by atoms with van der Waals surface area (Å²) in [6.07, 6.45) is 1.68. The van der Waals surface area contributed by atoms with Gasteiger partial charge in [-0.2, -0.15) is 0 Å². The summed E-state index contributed by atoms with van der Waals surface area (Å²) < 4.78 is 22.2. The maximum atomic E-state index is 11.1. The maximum Gasteiger partial charge on any atom is 0.298 e. The normalized spacial score (nSPS) is 15.8. The van der Waals surface area contributed by atoms with Gasteiger partial charge >= 0.3 is 0 Å². The van der Waals surface area contributed by atoms with Crippen LogP contribution in [0.5, 0.6) is 0 Å². The second-order valence-corrected chi connectivity index (χ2v) is 6.77. The highest BCUT2D eigenvalue weighted by Crippen LogP contribution is 2.32. The van der Waals surface area contributed by atoms with Crippen molar-refractivity contribution in [2.75, 3.05) is 0 Å². The molecule has 0 fully saturated rings. The van der Waals surface area contributed by atoms with E-state index in [1.807, 2.05) is 12.1 Å². The second-order valence-electron chi connectivity index (χ2n) is 4.31. The minimum Gasteiger partial charge on any atom is -0.262 e. The Bertz CT molecular complexity index is 671. The summed E-state index contributed by atoms with van der Waals surface area (Å²) in [5, 5.41) is 5.95. The fourth-order valence-corrected chi connectivity index (χ4v) is 2.87. The minimum atomic E-state index is -3.86. The molecule has 94 valence electrons. The first-order chi connectivity index (χ1) is 8.54. The van der Waals surface area contributed by atoms with E-state index in [9.17, 15) is 8.42 Å². The fraction of sp³-hybridized carbons (Fsp3) is 0.273. The van der Waals surface area contributed by atoms with Gasteiger partial charge in [-0.05, 0) is 24.0 Å². The van der Waals surface area contributed by atoms with Crippen LogP contribution in [0.4, 0.5) is 0 Å². The van der Waals surface area contributed by atoms with Gasteiger partial charge in [0, 0.05) is 16.6 Å². The van der Waals surface area contributed by atoms with Crippen molar-refractivity contribution >= 4 is 19.7 Å². The lowest BCUT2D eigenvalue weighted by molar-refractivity contribution is 0.601. The van der Waals surface area contributed by atoms with E-state index in [1.165, 1.54) is 11.1 Å². The monoisotopic (exact) mass is 283 g/mol. The Morgan fingerprint density at radius 1 is 1.22 bits per heavy atom. The Balaban J connectivity index is 1.89. The molecule has 5 nitrogen and oxygen atoms in total. The molecule has 0 saturated carbocycles. The summed E-state index contributed by atoms with van der Waals surface area (Å²) in [4.78, 5) is 3.96. The first kappa shape index (κ1) is 11.7. The second kappa shape index (κ2) is 4.07. The van der Waals surface area contributed by atoms with Gasteiger partial charge in [-0.25, -0.2) is 13.4 Å². The van der Waals surface area contributed by atoms with Crippen LogP contribution in [-0.4, -0.2) is 23.6 Å². The highest BCUT2D eigenvalue weighted by Gasteiger charge is 2.27. The molecule has 18 heavy (non-hydrogen) atoms. The number of aromatic nitrogens is 3. The van der Waals surface area contributed by atoms with Gasteiger partial charge < -0.3 is 0 Å². The number of nitrogens with one attached hydrogen (secondary N) is 1. The van der Waals surface area contributed by atoms with Gasteiger partial charge in [0.05, 0.1) is 0 Å². The number of fused-ring (bicyclic) bond motifs is 1. The van der Waals surface area contributed by atoms with Crippen LogP contribution in [0.25, 0.3) is 0 Å². The van der Waals surface area contributed by atoms with Crippen LogP contribution in [0.2, 0.25) is 0 Å². The van der Waals surface area contributed by atoms with E-state index < -0.39 is 9.05 Å². The summed E-state index contributed by atoms with van der Waals surface area (Å²) in [7, 11) is 1.33. The molecule has 0 bridgehead atoms. The lowest BCUT2D eigenvalue weighted by Gasteiger charge is -2.02. The number of nitrogens with zero attached hydrogens (tertiary/aromatic N) is 2. The summed E-state index contributed by atoms with van der Waals surface area (Å²) in [6.45, 7) is 0. The van der Waals surface area contributed by atoms with Crippen LogP contribution in [0.15, 0.2) is 29.4 Å². The molecule has 7 heteroatoms. The molecule has 1 N–H and O–H groups in total. The number of hydrogen-bond donors (Lipinski definition) is 1. The molecular formula is C11H10ClN3O2S. The summed E-state index contributed by atoms with van der Waals surface area (Å²) in [5.74, 6) is 0.715. The predicted molar refractivity (Wildman–Crippen MR) is 66.0 cm³/mol. The zero-order valence-electron chi connectivity index (χ0n) is 9.30. The molecule has 0 unspecified atom stereocenters. The fourth-order valence-electron chi connectivity index (χ4n) is 2.30. The van der Waals surface area contributed by atoms with E-state index in [2.05, 4.69) is 27.3 Å². The lowest BCUT2D eigenvalue weighted by atomic mass is 10.1. The number of rotatable bonds is 2. The Hall–Kier alpha value is -1.40. The molecule has 3 rings (SSSR count). The average molecular weight is 284 g/mol. The molecular weight excluding hydrogens is 274 g/mol. The van der Waals surface area contributed by atoms with Crippen LogP contribution >= 0.6 is 10.7 Å². The smallest absolute Gasteiger partial charge is 0.262 e. The van der Waals surface area contributed by atoms with Crippen LogP contribution in [-0.2, 0) is 21.9 Å². The number of halogens is 1. The van der Waals surface area contributed by atoms with Crippen LogP contribution in [0.3, 0.4) is 0 Å². The van der Waals surface area contributed by atoms with Crippen LogP contribution < -0.4 is 0 Å². The average Bonchev–Trinajstić information content (AvgIpc) is 2.94. The van der Waals surface area contributed by atoms with Crippen LogP contribution in [0, 0.1) is 0 Å². The van der Waals surface area contributed by atoms with Crippen molar-refractivity contribution in [2.45, 2.75) is 23.9 Å². The quantitative estimate of drug-likeness (QED) is 0.850. The molecule has 0 atom stereocenters. The van der Waals surface area contributed by atoms with Crippen molar-refractivity contribution in [2.24, 2.45) is 0 Å². The van der Waals surface area contributed by atoms with E-state index in [-0.39, 0.29) is 11.1 Å². The zero-order chi connectivity index (χ0) is 12.8. The molecule has 0 radical (unpaired) electrons. The number of H-pyrrole nitrogens is 1. The highest BCUT2D eigenvalue weighted by atomic mass is 35.7. The molecule has 1 aromatic carbocycles. The third kappa shape index (κ3) is 2.02. The summed E-state index contributed by atoms with van der Waals surface area (Å²) in [6, 6.07) is 8.14. The van der Waals surface area contributed by atoms with Gasteiger partial charge in [0.15, 0.2) is 0 Å². The third-order valence-corrected chi connectivity index (χ3v) is 4.17. The van der Waals surface area contributed by atoms with Crippen molar-refractivity contribution in [1.82, 2.24) is 15.2 Å². The maximum absolute atomic E-state index is 11.1. The lowest BCUT2D eigenvalue weighted by Crippen LogP contribution is -2.01. The van der Waals surface area contributed by atoms with Gasteiger partial charge in [0.25, 0.3) is 14.2 Å². The van der Waals surface area contributed by atoms with Crippen molar-refractivity contribution < 1.29 is 8.42 Å². The predicted octanol–water partition coefficient (Wildman–Crippen LogP) is 1.61. The molecule has 1 aromatic heterocycles. The van der Waals surface area contributed by atoms with Crippen molar-refractivity contribution in [3.63, 3.8) is 0 Å². The first-order valence-corrected chi connectivity index (χ1v) is 7.79. The first-order valence-electron chi connectivity index (χ1n) is 5.48. The number of benzene rings is 1. The van der Waals surface area contributed by atoms with Gasteiger partial charge in [0.1, 0.15) is 5.82 Å². The Morgan fingerprint density at radius 3 is 2.33 bits per heavy atom. The van der Waals surface area contributed by atoms with Crippen molar-refractivity contribution in [1.29, 1.82) is 0 Å². The third-order valence-electron chi connectivity index (χ3n) is 3.14. The molecule has 0 aliphatic heterocycles. The van der Waals surface area contributed by atoms with E-state index >= 15 is 0 Å². The number of hydrogen-bond acceptors (Lipinski definition) is 4. The van der Waals surface area contributed by atoms with E-state index in [4.69, 9.17) is 10.7 Å². The number of aromatic amines is 1. The highest BCUT2D eigenvalue weighted by molar-refractivity contribution is 8.13. The Kier molecular flexibility index (Phi) is 2.64. The SMILES string of the molecule is O=S(=O)(Cl)c1n[nH]c(C2Cc3ccccc3C2)n1. The molecule has 1 aliphatic carbocycles. The van der Waals surface area contributed by atoms with Gasteiger partial charge in [-0.3, -0.25) is 5.10 Å². The standard InChI is InChI=1S/C11H10ClN3O2S/c12-18(16,17)11-13-10(14-15-11)9-5-7-3-1-2-4-8(7)6-9/h1-4,9H,5-6H2,(H,13,14,15). The molecule has 0 saturated heterocycles. The molecule has 0 amide bonds. The molecule has 0 spiro atoms. The molecule has 1 heterocycles. The minimum absolute atomic E-state index is 0.141. The van der Waals surface area contributed by atoms with Gasteiger partial charge in [-0.1, -0.05) is 24.3 Å².